The Morgan fingerprint density at radius 3 is 1.46 bits per heavy atom. The van der Waals surface area contributed by atoms with Gasteiger partial charge in [0.1, 0.15) is 11.5 Å². The Labute approximate surface area is 223 Å². The SMILES string of the molecule is COC(=O)c1ccc(O)cc1.COC(=O)c1ccc(OC(=O)c2cccnc2)cc1.O=C(O)c1cccnc1. The van der Waals surface area contributed by atoms with Gasteiger partial charge in [0.2, 0.25) is 0 Å². The highest BCUT2D eigenvalue weighted by atomic mass is 16.5. The van der Waals surface area contributed by atoms with Crippen molar-refractivity contribution in [1.29, 1.82) is 0 Å². The van der Waals surface area contributed by atoms with Crippen molar-refractivity contribution >= 4 is 23.9 Å². The first kappa shape index (κ1) is 29.6. The Hall–Kier alpha value is -5.58. The van der Waals surface area contributed by atoms with E-state index in [4.69, 9.17) is 14.9 Å². The third-order valence-corrected chi connectivity index (χ3v) is 4.58. The molecule has 0 aliphatic heterocycles. The second-order valence-corrected chi connectivity index (χ2v) is 7.23. The summed E-state index contributed by atoms with van der Waals surface area (Å²) < 4.78 is 14.2. The number of phenols is 1. The van der Waals surface area contributed by atoms with Gasteiger partial charge in [-0.2, -0.15) is 0 Å². The Balaban J connectivity index is 0.000000226. The summed E-state index contributed by atoms with van der Waals surface area (Å²) in [6.45, 7) is 0. The van der Waals surface area contributed by atoms with E-state index in [1.807, 2.05) is 0 Å². The number of rotatable bonds is 5. The predicted molar refractivity (Wildman–Crippen MR) is 138 cm³/mol. The van der Waals surface area contributed by atoms with E-state index in [9.17, 15) is 19.2 Å². The van der Waals surface area contributed by atoms with Gasteiger partial charge in [0.15, 0.2) is 0 Å². The van der Waals surface area contributed by atoms with E-state index < -0.39 is 23.9 Å². The van der Waals surface area contributed by atoms with Gasteiger partial charge in [0.25, 0.3) is 0 Å². The molecule has 0 saturated heterocycles. The molecule has 4 rings (SSSR count). The van der Waals surface area contributed by atoms with Gasteiger partial charge in [0, 0.05) is 24.8 Å². The first-order valence-corrected chi connectivity index (χ1v) is 11.1. The zero-order valence-electron chi connectivity index (χ0n) is 20.9. The van der Waals surface area contributed by atoms with Gasteiger partial charge in [-0.3, -0.25) is 9.97 Å². The third kappa shape index (κ3) is 10.1. The number of benzene rings is 2. The zero-order chi connectivity index (χ0) is 28.6. The molecule has 0 spiro atoms. The number of methoxy groups -OCH3 is 2. The molecule has 0 amide bonds. The molecule has 2 heterocycles. The van der Waals surface area contributed by atoms with Crippen LogP contribution in [0.5, 0.6) is 11.5 Å². The number of hydrogen-bond acceptors (Lipinski definition) is 10. The number of nitrogens with zero attached hydrogens (tertiary/aromatic N) is 2. The largest absolute Gasteiger partial charge is 0.508 e. The Bertz CT molecular complexity index is 1360. The van der Waals surface area contributed by atoms with Crippen molar-refractivity contribution < 1.29 is 43.6 Å². The van der Waals surface area contributed by atoms with Crippen LogP contribution in [-0.4, -0.2) is 58.3 Å². The second-order valence-electron chi connectivity index (χ2n) is 7.23. The molecule has 0 aliphatic rings. The molecule has 0 unspecified atom stereocenters. The maximum absolute atomic E-state index is 11.7. The minimum absolute atomic E-state index is 0.137. The molecule has 2 N–H and O–H groups in total. The highest BCUT2D eigenvalue weighted by Gasteiger charge is 2.10. The van der Waals surface area contributed by atoms with Crippen LogP contribution in [0.1, 0.15) is 41.4 Å². The summed E-state index contributed by atoms with van der Waals surface area (Å²) in [6, 6.07) is 18.3. The Kier molecular flexibility index (Phi) is 11.8. The minimum Gasteiger partial charge on any atom is -0.508 e. The number of pyridine rings is 2. The Morgan fingerprint density at radius 2 is 1.08 bits per heavy atom. The van der Waals surface area contributed by atoms with Crippen LogP contribution < -0.4 is 4.74 Å². The minimum atomic E-state index is -0.942. The molecule has 0 fully saturated rings. The number of aromatic hydroxyl groups is 1. The predicted octanol–water partition coefficient (Wildman–Crippen LogP) is 4.05. The third-order valence-electron chi connectivity index (χ3n) is 4.58. The van der Waals surface area contributed by atoms with E-state index in [1.54, 1.807) is 24.4 Å². The highest BCUT2D eigenvalue weighted by molar-refractivity contribution is 5.92. The van der Waals surface area contributed by atoms with E-state index >= 15 is 0 Å². The van der Waals surface area contributed by atoms with Crippen molar-refractivity contribution in [3.63, 3.8) is 0 Å². The maximum atomic E-state index is 11.7. The Morgan fingerprint density at radius 1 is 0.615 bits per heavy atom. The van der Waals surface area contributed by atoms with Crippen molar-refractivity contribution in [2.24, 2.45) is 0 Å². The highest BCUT2D eigenvalue weighted by Crippen LogP contribution is 2.14. The summed E-state index contributed by atoms with van der Waals surface area (Å²) in [5.74, 6) is -1.80. The zero-order valence-corrected chi connectivity index (χ0v) is 20.9. The quantitative estimate of drug-likeness (QED) is 0.282. The lowest BCUT2D eigenvalue weighted by molar-refractivity contribution is 0.0591. The van der Waals surface area contributed by atoms with Gasteiger partial charge in [0.05, 0.1) is 36.5 Å². The lowest BCUT2D eigenvalue weighted by atomic mass is 10.2. The van der Waals surface area contributed by atoms with Gasteiger partial charge in [-0.15, -0.1) is 0 Å². The molecule has 2 aromatic heterocycles. The van der Waals surface area contributed by atoms with Gasteiger partial charge >= 0.3 is 23.9 Å². The molecular weight excluding hydrogens is 508 g/mol. The van der Waals surface area contributed by atoms with E-state index in [2.05, 4.69) is 19.4 Å². The van der Waals surface area contributed by atoms with E-state index in [0.29, 0.717) is 22.4 Å². The standard InChI is InChI=1S/C14H11NO4.C8H8O3.C6H5NO2/c1-18-13(16)10-4-6-12(7-5-10)19-14(17)11-3-2-8-15-9-11;1-11-8(10)6-2-4-7(9)5-3-6;8-6(9)5-2-1-3-7-4-5/h2-9H,1H3;2-5,9H,1H3;1-4H,(H,8,9). The topological polar surface area (TPSA) is 162 Å². The molecule has 0 bridgehead atoms. The summed E-state index contributed by atoms with van der Waals surface area (Å²) in [4.78, 5) is 51.4. The lowest BCUT2D eigenvalue weighted by Gasteiger charge is -2.04. The first-order valence-electron chi connectivity index (χ1n) is 11.1. The summed E-state index contributed by atoms with van der Waals surface area (Å²) in [5, 5.41) is 17.2. The molecule has 200 valence electrons. The smallest absolute Gasteiger partial charge is 0.345 e. The molecule has 11 heteroatoms. The molecule has 0 saturated carbocycles. The number of phenolic OH excluding ortho intramolecular Hbond substituents is 1. The molecule has 4 aromatic rings. The first-order chi connectivity index (χ1) is 18.7. The maximum Gasteiger partial charge on any atom is 0.345 e. The summed E-state index contributed by atoms with van der Waals surface area (Å²) >= 11 is 0. The fourth-order valence-electron chi connectivity index (χ4n) is 2.63. The number of carboxylic acid groups (broad SMARTS) is 1. The van der Waals surface area contributed by atoms with E-state index in [-0.39, 0.29) is 11.3 Å². The molecule has 0 atom stereocenters. The molecule has 0 aliphatic carbocycles. The normalized spacial score (nSPS) is 9.38. The second kappa shape index (κ2) is 15.5. The van der Waals surface area contributed by atoms with Gasteiger partial charge in [-0.05, 0) is 72.8 Å². The van der Waals surface area contributed by atoms with Crippen LogP contribution in [0, 0.1) is 0 Å². The summed E-state index contributed by atoms with van der Waals surface area (Å²) in [5.41, 5.74) is 1.41. The van der Waals surface area contributed by atoms with Crippen LogP contribution in [0.3, 0.4) is 0 Å². The lowest BCUT2D eigenvalue weighted by Crippen LogP contribution is -2.09. The molecular formula is C28H24N2O9. The van der Waals surface area contributed by atoms with Crippen LogP contribution in [0.4, 0.5) is 0 Å². The van der Waals surface area contributed by atoms with Crippen molar-refractivity contribution in [3.05, 3.63) is 120 Å². The fourth-order valence-corrected chi connectivity index (χ4v) is 2.63. The summed E-state index contributed by atoms with van der Waals surface area (Å²) in [7, 11) is 2.62. The van der Waals surface area contributed by atoms with Gasteiger partial charge < -0.3 is 24.4 Å². The van der Waals surface area contributed by atoms with Crippen molar-refractivity contribution in [2.45, 2.75) is 0 Å². The van der Waals surface area contributed by atoms with Crippen molar-refractivity contribution in [1.82, 2.24) is 9.97 Å². The van der Waals surface area contributed by atoms with E-state index in [1.165, 1.54) is 87.4 Å². The average Bonchev–Trinajstić information content (AvgIpc) is 2.98. The number of aromatic carboxylic acids is 1. The van der Waals surface area contributed by atoms with Crippen LogP contribution in [0.15, 0.2) is 97.6 Å². The van der Waals surface area contributed by atoms with Crippen LogP contribution >= 0.6 is 0 Å². The number of carbonyl (C=O) groups is 4. The molecule has 11 nitrogen and oxygen atoms in total. The monoisotopic (exact) mass is 532 g/mol. The average molecular weight is 533 g/mol. The summed E-state index contributed by atoms with van der Waals surface area (Å²) in [6.07, 6.45) is 5.84. The number of esters is 3. The number of aromatic nitrogens is 2. The van der Waals surface area contributed by atoms with Crippen LogP contribution in [-0.2, 0) is 9.47 Å². The van der Waals surface area contributed by atoms with Crippen molar-refractivity contribution in [3.8, 4) is 11.5 Å². The van der Waals surface area contributed by atoms with Gasteiger partial charge in [-0.1, -0.05) is 0 Å². The van der Waals surface area contributed by atoms with Crippen molar-refractivity contribution in [2.75, 3.05) is 14.2 Å². The van der Waals surface area contributed by atoms with E-state index in [0.717, 1.165) is 0 Å². The van der Waals surface area contributed by atoms with Crippen LogP contribution in [0.2, 0.25) is 0 Å². The fraction of sp³-hybridized carbons (Fsp3) is 0.0714. The number of hydrogen-bond donors (Lipinski definition) is 2. The number of ether oxygens (including phenoxy) is 3. The number of carboxylic acids is 1. The van der Waals surface area contributed by atoms with Crippen LogP contribution in [0.25, 0.3) is 0 Å². The number of carbonyl (C=O) groups excluding carboxylic acids is 3. The molecule has 0 radical (unpaired) electrons. The van der Waals surface area contributed by atoms with Gasteiger partial charge in [-0.25, -0.2) is 19.2 Å². The molecule has 39 heavy (non-hydrogen) atoms. The molecule has 2 aromatic carbocycles.